The second kappa shape index (κ2) is 9.56. The van der Waals surface area contributed by atoms with Crippen LogP contribution in [0, 0.1) is 10.4 Å². The summed E-state index contributed by atoms with van der Waals surface area (Å²) in [5.74, 6) is -1.45. The number of hydrogen-bond donors (Lipinski definition) is 0. The number of carboxylic acid groups (broad SMARTS) is 1. The van der Waals surface area contributed by atoms with Gasteiger partial charge >= 0.3 is 59.1 Å². The van der Waals surface area contributed by atoms with E-state index in [1.165, 1.54) is 0 Å². The van der Waals surface area contributed by atoms with Gasteiger partial charge in [0, 0.05) is 4.97 Å². The predicted octanol–water partition coefficient (Wildman–Crippen LogP) is -7.95. The minimum atomic E-state index is -1.45. The van der Waals surface area contributed by atoms with Crippen molar-refractivity contribution < 1.29 is 74.0 Å². The first-order valence-electron chi connectivity index (χ1n) is 2.29. The molecule has 0 N–H and O–H groups in total. The second-order valence-electron chi connectivity index (χ2n) is 1.52. The maximum Gasteiger partial charge on any atom is 1.00 e. The minimum Gasteiger partial charge on any atom is -0.737 e. The molecule has 12 heavy (non-hydrogen) atoms. The molecular formula is C3H5N3Na2O4. The van der Waals surface area contributed by atoms with Gasteiger partial charge in [0.1, 0.15) is 6.54 Å². The number of carbonyl (C=O) groups is 1. The number of rotatable bonds is 3. The van der Waals surface area contributed by atoms with Gasteiger partial charge in [-0.15, -0.1) is 5.01 Å². The summed E-state index contributed by atoms with van der Waals surface area (Å²) < 4.78 is 0. The van der Waals surface area contributed by atoms with E-state index in [-0.39, 0.29) is 64.1 Å². The Morgan fingerprint density at radius 2 is 2.00 bits per heavy atom. The van der Waals surface area contributed by atoms with E-state index in [0.29, 0.717) is 5.01 Å². The first-order chi connectivity index (χ1) is 4.57. The van der Waals surface area contributed by atoms with Crippen molar-refractivity contribution in [3.8, 4) is 0 Å². The molecule has 0 aliphatic rings. The van der Waals surface area contributed by atoms with Gasteiger partial charge in [0.25, 0.3) is 0 Å². The van der Waals surface area contributed by atoms with Crippen molar-refractivity contribution >= 4 is 5.97 Å². The number of hydrogen-bond acceptors (Lipinski definition) is 5. The zero-order valence-corrected chi connectivity index (χ0v) is 11.2. The van der Waals surface area contributed by atoms with Crippen LogP contribution < -0.4 is 64.2 Å². The van der Waals surface area contributed by atoms with Crippen LogP contribution in [0.3, 0.4) is 0 Å². The van der Waals surface area contributed by atoms with Gasteiger partial charge in [0.05, 0.1) is 13.0 Å². The Bertz CT molecular complexity index is 164. The molecule has 58 valence electrons. The number of aliphatic carboxylic acids is 1. The Kier molecular flexibility index (Phi) is 14.6. The van der Waals surface area contributed by atoms with E-state index >= 15 is 0 Å². The zero-order chi connectivity index (χ0) is 8.15. The quantitative estimate of drug-likeness (QED) is 0.191. The van der Waals surface area contributed by atoms with Gasteiger partial charge in [-0.1, -0.05) is 0 Å². The number of carbonyl (C=O) groups excluding carboxylic acids is 1. The number of carboxylic acids is 1. The molecule has 0 aliphatic carbocycles. The molecule has 0 saturated heterocycles. The molecule has 0 aromatic carbocycles. The van der Waals surface area contributed by atoms with E-state index < -0.39 is 12.5 Å². The van der Waals surface area contributed by atoms with Gasteiger partial charge in [-0.2, -0.15) is 0 Å². The van der Waals surface area contributed by atoms with E-state index in [2.05, 4.69) is 0 Å². The van der Waals surface area contributed by atoms with E-state index in [9.17, 15) is 20.3 Å². The van der Waals surface area contributed by atoms with Crippen LogP contribution in [-0.2, 0) is 4.79 Å². The first-order valence-corrected chi connectivity index (χ1v) is 2.29. The molecular weight excluding hydrogens is 188 g/mol. The standard InChI is InChI=1S/C3H7N3O4.2Na/c1-5(2-3(7)8)6(10)4-9;;/h9H,2H2,1H3,(H,7,8);;/q;2*+1/p-2. The summed E-state index contributed by atoms with van der Waals surface area (Å²) in [7, 11) is 1.10. The van der Waals surface area contributed by atoms with Gasteiger partial charge in [-0.3, -0.25) is 0 Å². The smallest absolute Gasteiger partial charge is 0.737 e. The molecule has 0 fully saturated rings. The number of hydrazine groups is 1. The third-order valence-corrected chi connectivity index (χ3v) is 0.720. The molecule has 7 nitrogen and oxygen atoms in total. The fraction of sp³-hybridized carbons (Fsp3) is 0.667. The molecule has 0 spiro atoms. The predicted molar refractivity (Wildman–Crippen MR) is 27.1 cm³/mol. The summed E-state index contributed by atoms with van der Waals surface area (Å²) >= 11 is 0. The van der Waals surface area contributed by atoms with Crippen molar-refractivity contribution in [3.63, 3.8) is 0 Å². The van der Waals surface area contributed by atoms with Crippen LogP contribution in [0.2, 0.25) is 0 Å². The SMILES string of the molecule is CN(CC(=O)[O-])[N+]([O-])=N[O-].[Na+].[Na+]. The largest absolute Gasteiger partial charge is 1.00 e. The number of nitrogens with zero attached hydrogens (tertiary/aromatic N) is 3. The molecule has 0 rings (SSSR count). The molecule has 0 atom stereocenters. The van der Waals surface area contributed by atoms with Crippen LogP contribution in [0.25, 0.3) is 0 Å². The Morgan fingerprint density at radius 1 is 1.58 bits per heavy atom. The summed E-state index contributed by atoms with van der Waals surface area (Å²) in [5.41, 5.74) is 0. The Hall–Kier alpha value is 0.470. The van der Waals surface area contributed by atoms with E-state index in [1.807, 2.05) is 5.28 Å². The van der Waals surface area contributed by atoms with Crippen LogP contribution in [0.4, 0.5) is 0 Å². The van der Waals surface area contributed by atoms with Crippen molar-refractivity contribution in [3.05, 3.63) is 10.4 Å². The summed E-state index contributed by atoms with van der Waals surface area (Å²) in [4.78, 5) is 9.39. The number of likely N-dealkylation sites (N-methyl/N-ethyl adjacent to an activating group) is 1. The van der Waals surface area contributed by atoms with E-state index in [1.54, 1.807) is 0 Å². The van der Waals surface area contributed by atoms with E-state index in [0.717, 1.165) is 7.05 Å². The summed E-state index contributed by atoms with van der Waals surface area (Å²) in [5, 5.41) is 31.8. The van der Waals surface area contributed by atoms with E-state index in [4.69, 9.17) is 0 Å². The fourth-order valence-electron chi connectivity index (χ4n) is 0.310. The molecule has 0 unspecified atom stereocenters. The zero-order valence-electron chi connectivity index (χ0n) is 7.18. The summed E-state index contributed by atoms with van der Waals surface area (Å²) in [6.07, 6.45) is 0. The summed E-state index contributed by atoms with van der Waals surface area (Å²) in [6.45, 7) is -0.658. The van der Waals surface area contributed by atoms with Gasteiger partial charge < -0.3 is 20.3 Å². The Balaban J connectivity index is -0.000000405. The average molecular weight is 193 g/mol. The topological polar surface area (TPSA) is 105 Å². The molecule has 0 aromatic heterocycles. The molecule has 0 bridgehead atoms. The van der Waals surface area contributed by atoms with Crippen molar-refractivity contribution in [2.24, 2.45) is 5.28 Å². The van der Waals surface area contributed by atoms with Crippen LogP contribution in [0.1, 0.15) is 0 Å². The third-order valence-electron chi connectivity index (χ3n) is 0.720. The van der Waals surface area contributed by atoms with Crippen LogP contribution in [0.15, 0.2) is 5.28 Å². The fourth-order valence-corrected chi connectivity index (χ4v) is 0.310. The maximum absolute atomic E-state index is 10.1. The average Bonchev–Trinajstić information content (AvgIpc) is 1.85. The van der Waals surface area contributed by atoms with Crippen molar-refractivity contribution in [1.82, 2.24) is 5.01 Å². The van der Waals surface area contributed by atoms with Crippen molar-refractivity contribution in [1.29, 1.82) is 0 Å². The van der Waals surface area contributed by atoms with Crippen LogP contribution in [0.5, 0.6) is 0 Å². The van der Waals surface area contributed by atoms with Gasteiger partial charge in [-0.25, -0.2) is 0 Å². The second-order valence-corrected chi connectivity index (χ2v) is 1.52. The van der Waals surface area contributed by atoms with Gasteiger partial charge in [0.2, 0.25) is 0 Å². The van der Waals surface area contributed by atoms with Crippen molar-refractivity contribution in [2.45, 2.75) is 0 Å². The first kappa shape index (κ1) is 18.3. The molecule has 0 heterocycles. The Morgan fingerprint density at radius 3 is 2.25 bits per heavy atom. The molecule has 0 aliphatic heterocycles. The molecule has 0 amide bonds. The monoisotopic (exact) mass is 193 g/mol. The van der Waals surface area contributed by atoms with Crippen LogP contribution >= 0.6 is 0 Å². The minimum absolute atomic E-state index is 0. The molecule has 0 saturated carbocycles. The normalized spacial score (nSPS) is 9.25. The van der Waals surface area contributed by atoms with Crippen LogP contribution in [-0.4, -0.2) is 29.5 Å². The molecule has 0 aromatic rings. The maximum atomic E-state index is 10.1. The molecule has 9 heteroatoms. The summed E-state index contributed by atoms with van der Waals surface area (Å²) in [6, 6.07) is 0. The van der Waals surface area contributed by atoms with Gasteiger partial charge in [0.15, 0.2) is 0 Å². The Labute approximate surface area is 113 Å². The van der Waals surface area contributed by atoms with Gasteiger partial charge in [-0.05, 0) is 5.28 Å². The molecule has 0 radical (unpaired) electrons. The van der Waals surface area contributed by atoms with Crippen molar-refractivity contribution in [2.75, 3.05) is 13.6 Å². The third kappa shape index (κ3) is 8.57.